The molecular weight excluding hydrogens is 268 g/mol. The van der Waals surface area contributed by atoms with Crippen molar-refractivity contribution >= 4 is 0 Å². The summed E-state index contributed by atoms with van der Waals surface area (Å²) in [5.74, 6) is 10.2. The maximum atomic E-state index is 9.26. The number of hydrogen-bond acceptors (Lipinski definition) is 2. The zero-order valence-electron chi connectivity index (χ0n) is 12.8. The van der Waals surface area contributed by atoms with Crippen LogP contribution in [-0.2, 0) is 0 Å². The molecule has 6 aliphatic rings. The van der Waals surface area contributed by atoms with E-state index in [1.165, 1.54) is 12.8 Å². The first kappa shape index (κ1) is 12.2. The molecule has 0 bridgehead atoms. The van der Waals surface area contributed by atoms with Crippen molar-refractivity contribution in [1.29, 1.82) is 10.5 Å². The molecule has 0 saturated heterocycles. The van der Waals surface area contributed by atoms with Gasteiger partial charge in [0.25, 0.3) is 0 Å². The van der Waals surface area contributed by atoms with Crippen LogP contribution in [0.25, 0.3) is 0 Å². The fourth-order valence-corrected chi connectivity index (χ4v) is 9.17. The predicted octanol–water partition coefficient (Wildman–Crippen LogP) is 3.63. The largest absolute Gasteiger partial charge is 0.198 e. The highest BCUT2D eigenvalue weighted by Gasteiger charge is 2.76. The molecule has 0 aromatic heterocycles. The van der Waals surface area contributed by atoms with Crippen molar-refractivity contribution in [2.45, 2.75) is 25.7 Å². The first-order chi connectivity index (χ1) is 10.8. The lowest BCUT2D eigenvalue weighted by Gasteiger charge is -2.27. The third-order valence-corrected chi connectivity index (χ3v) is 9.04. The molecule has 6 rings (SSSR count). The maximum Gasteiger partial charge on any atom is 0.0624 e. The summed E-state index contributed by atoms with van der Waals surface area (Å²) in [6, 6.07) is 4.98. The lowest BCUT2D eigenvalue weighted by Crippen LogP contribution is -2.23. The number of nitrogens with zero attached hydrogens (tertiary/aromatic N) is 2. The second kappa shape index (κ2) is 3.79. The minimum absolute atomic E-state index is 0.674. The fraction of sp³-hybridized carbons (Fsp3) is 0.800. The third-order valence-electron chi connectivity index (χ3n) is 9.04. The van der Waals surface area contributed by atoms with Gasteiger partial charge in [-0.15, -0.1) is 0 Å². The summed E-state index contributed by atoms with van der Waals surface area (Å²) in [7, 11) is 0. The number of hydrogen-bond donors (Lipinski definition) is 0. The third kappa shape index (κ3) is 1.08. The van der Waals surface area contributed by atoms with Crippen molar-refractivity contribution in [3.63, 3.8) is 0 Å². The molecule has 5 saturated carbocycles. The number of nitriles is 2. The van der Waals surface area contributed by atoms with Gasteiger partial charge in [-0.25, -0.2) is 0 Å². The van der Waals surface area contributed by atoms with Crippen LogP contribution in [0.3, 0.4) is 0 Å². The summed E-state index contributed by atoms with van der Waals surface area (Å²) in [4.78, 5) is 0. The Balaban J connectivity index is 1.47. The van der Waals surface area contributed by atoms with Gasteiger partial charge in [0.2, 0.25) is 0 Å². The lowest BCUT2D eigenvalue weighted by molar-refractivity contribution is 0.225. The van der Waals surface area contributed by atoms with Crippen molar-refractivity contribution in [2.75, 3.05) is 0 Å². The fourth-order valence-electron chi connectivity index (χ4n) is 9.17. The van der Waals surface area contributed by atoms with Gasteiger partial charge in [0, 0.05) is 12.8 Å². The Morgan fingerprint density at radius 1 is 0.682 bits per heavy atom. The van der Waals surface area contributed by atoms with Gasteiger partial charge < -0.3 is 0 Å². The highest BCUT2D eigenvalue weighted by molar-refractivity contribution is 5.31. The van der Waals surface area contributed by atoms with Crippen LogP contribution in [0.1, 0.15) is 25.7 Å². The number of fused-ring (bicyclic) bond motifs is 3. The zero-order chi connectivity index (χ0) is 14.6. The van der Waals surface area contributed by atoms with Gasteiger partial charge in [0.1, 0.15) is 0 Å². The summed E-state index contributed by atoms with van der Waals surface area (Å²) >= 11 is 0. The molecule has 6 aliphatic carbocycles. The molecule has 0 spiro atoms. The van der Waals surface area contributed by atoms with Gasteiger partial charge >= 0.3 is 0 Å². The monoisotopic (exact) mass is 290 g/mol. The minimum atomic E-state index is 0.674. The highest BCUT2D eigenvalue weighted by Crippen LogP contribution is 2.80. The Kier molecular flexibility index (Phi) is 2.10. The van der Waals surface area contributed by atoms with Crippen LogP contribution in [0, 0.1) is 93.7 Å². The summed E-state index contributed by atoms with van der Waals surface area (Å²) in [5.41, 5.74) is 0. The molecule has 2 heteroatoms. The molecule has 0 aliphatic heterocycles. The molecule has 0 amide bonds. The van der Waals surface area contributed by atoms with Gasteiger partial charge in [-0.1, -0.05) is 12.2 Å². The normalized spacial score (nSPS) is 64.1. The maximum absolute atomic E-state index is 9.26. The summed E-state index contributed by atoms with van der Waals surface area (Å²) in [6.45, 7) is 0. The van der Waals surface area contributed by atoms with Crippen LogP contribution in [-0.4, -0.2) is 0 Å². The summed E-state index contributed by atoms with van der Waals surface area (Å²) in [5, 5.41) is 18.5. The molecule has 0 N–H and O–H groups in total. The van der Waals surface area contributed by atoms with E-state index in [1.807, 2.05) is 0 Å². The van der Waals surface area contributed by atoms with Gasteiger partial charge in [-0.2, -0.15) is 10.5 Å². The quantitative estimate of drug-likeness (QED) is 0.729. The van der Waals surface area contributed by atoms with E-state index in [4.69, 9.17) is 0 Å². The van der Waals surface area contributed by atoms with Crippen LogP contribution in [0.4, 0.5) is 0 Å². The first-order valence-corrected chi connectivity index (χ1v) is 9.27. The van der Waals surface area contributed by atoms with Crippen LogP contribution in [0.2, 0.25) is 0 Å². The average molecular weight is 290 g/mol. The van der Waals surface area contributed by atoms with Crippen molar-refractivity contribution in [3.05, 3.63) is 12.2 Å². The van der Waals surface area contributed by atoms with E-state index in [1.54, 1.807) is 0 Å². The molecule has 112 valence electrons. The predicted molar refractivity (Wildman–Crippen MR) is 80.7 cm³/mol. The van der Waals surface area contributed by atoms with Crippen molar-refractivity contribution in [3.8, 4) is 12.1 Å². The summed E-state index contributed by atoms with van der Waals surface area (Å²) in [6.07, 6.45) is 9.34. The highest BCUT2D eigenvalue weighted by atomic mass is 14.8. The SMILES string of the molecule is N#CC[C@@H]1C[C@@H]2[C@@H]3C[C@H](CC#N)[C@H]4[C@H]3C3C5[C@@H](C=C[C@H]54)[C@@H]1[C@@H]32. The Bertz CT molecular complexity index is 598. The van der Waals surface area contributed by atoms with Crippen molar-refractivity contribution in [2.24, 2.45) is 71.0 Å². The number of rotatable bonds is 2. The second-order valence-electron chi connectivity index (χ2n) is 9.05. The van der Waals surface area contributed by atoms with E-state index in [0.29, 0.717) is 11.8 Å². The van der Waals surface area contributed by atoms with Crippen LogP contribution in [0.5, 0.6) is 0 Å². The van der Waals surface area contributed by atoms with Crippen LogP contribution >= 0.6 is 0 Å². The standard InChI is InChI=1S/C20H22N2/c21-5-3-9-7-13-14-8-10(4-6-22)16-12-2-1-11-15(9)18(13)20(17(11)12)19(14)16/h1-2,9-20H,3-4,7-8H2/t9-,10+,11-,12-,13-,14+,15+,16+,17?,18-,19-,20?/m0/s1. The Labute approximate surface area is 132 Å². The molecule has 2 nitrogen and oxygen atoms in total. The molecule has 0 aromatic carbocycles. The molecule has 0 heterocycles. The Morgan fingerprint density at radius 2 is 1.18 bits per heavy atom. The smallest absolute Gasteiger partial charge is 0.0624 e. The van der Waals surface area contributed by atoms with E-state index < -0.39 is 0 Å². The minimum Gasteiger partial charge on any atom is -0.198 e. The molecule has 12 atom stereocenters. The van der Waals surface area contributed by atoms with Crippen LogP contribution in [0.15, 0.2) is 12.2 Å². The molecule has 5 fully saturated rings. The zero-order valence-corrected chi connectivity index (χ0v) is 12.8. The van der Waals surface area contributed by atoms with Gasteiger partial charge in [0.05, 0.1) is 12.1 Å². The van der Waals surface area contributed by atoms with Gasteiger partial charge in [-0.05, 0) is 83.9 Å². The number of allylic oxidation sites excluding steroid dienone is 2. The van der Waals surface area contributed by atoms with Crippen molar-refractivity contribution in [1.82, 2.24) is 0 Å². The first-order valence-electron chi connectivity index (χ1n) is 9.27. The van der Waals surface area contributed by atoms with Gasteiger partial charge in [-0.3, -0.25) is 0 Å². The molecule has 0 radical (unpaired) electrons. The molecular formula is C20H22N2. The van der Waals surface area contributed by atoms with E-state index in [9.17, 15) is 10.5 Å². The van der Waals surface area contributed by atoms with E-state index in [0.717, 1.165) is 72.0 Å². The Morgan fingerprint density at radius 3 is 1.64 bits per heavy atom. The molecule has 2 unspecified atom stereocenters. The lowest BCUT2D eigenvalue weighted by atomic mass is 9.77. The van der Waals surface area contributed by atoms with Crippen LogP contribution < -0.4 is 0 Å². The van der Waals surface area contributed by atoms with Gasteiger partial charge in [0.15, 0.2) is 0 Å². The molecule has 0 aromatic rings. The van der Waals surface area contributed by atoms with E-state index in [-0.39, 0.29) is 0 Å². The average Bonchev–Trinajstić information content (AvgIpc) is 3.21. The molecule has 22 heavy (non-hydrogen) atoms. The van der Waals surface area contributed by atoms with Crippen molar-refractivity contribution < 1.29 is 0 Å². The topological polar surface area (TPSA) is 47.6 Å². The van der Waals surface area contributed by atoms with E-state index >= 15 is 0 Å². The van der Waals surface area contributed by atoms with E-state index in [2.05, 4.69) is 24.3 Å². The summed E-state index contributed by atoms with van der Waals surface area (Å²) < 4.78 is 0. The Hall–Kier alpha value is -1.28. The second-order valence-corrected chi connectivity index (χ2v) is 9.05.